The van der Waals surface area contributed by atoms with E-state index < -0.39 is 0 Å². The van der Waals surface area contributed by atoms with Gasteiger partial charge in [0.1, 0.15) is 0 Å². The number of aliphatic imine (C=N–C) groups is 1. The average Bonchev–Trinajstić information content (AvgIpc) is 3.57. The van der Waals surface area contributed by atoms with Crippen molar-refractivity contribution in [1.82, 2.24) is 16.0 Å². The zero-order valence-electron chi connectivity index (χ0n) is 20.0. The second-order valence-corrected chi connectivity index (χ2v) is 7.98. The number of guanidine groups is 1. The number of nitrogens with zero attached hydrogens (tertiary/aromatic N) is 1. The van der Waals surface area contributed by atoms with Crippen LogP contribution in [0, 0.1) is 0 Å². The van der Waals surface area contributed by atoms with Gasteiger partial charge in [-0.15, -0.1) is 24.0 Å². The number of carbonyl (C=O) groups is 1. The Morgan fingerprint density at radius 2 is 1.81 bits per heavy atom. The smallest absolute Gasteiger partial charge is 0.220 e. The van der Waals surface area contributed by atoms with Crippen LogP contribution in [-0.4, -0.2) is 44.2 Å². The van der Waals surface area contributed by atoms with Gasteiger partial charge in [0, 0.05) is 25.6 Å². The first kappa shape index (κ1) is 28.3. The Labute approximate surface area is 210 Å². The summed E-state index contributed by atoms with van der Waals surface area (Å²) in [5.41, 5.74) is 1.10. The minimum Gasteiger partial charge on any atom is -0.490 e. The van der Waals surface area contributed by atoms with Crippen LogP contribution in [0.1, 0.15) is 77.8 Å². The van der Waals surface area contributed by atoms with Gasteiger partial charge in [-0.25, -0.2) is 0 Å². The minimum atomic E-state index is 0. The standard InChI is InChI=1S/C24H40N4O3.HI/c1-5-15-30-21-13-10-19(17-22(21)31-16-6-2)18(4)27-24(25-7-3)26-14-8-9-23(29)28-20-11-12-20;/h10,13,17-18,20H,5-9,11-12,14-16H2,1-4H3,(H,28,29)(H2,25,26,27);1H. The molecule has 0 heterocycles. The molecule has 1 aliphatic carbocycles. The predicted octanol–water partition coefficient (Wildman–Crippen LogP) is 4.56. The lowest BCUT2D eigenvalue weighted by Gasteiger charge is -2.20. The zero-order chi connectivity index (χ0) is 22.5. The number of benzene rings is 1. The van der Waals surface area contributed by atoms with E-state index in [1.165, 1.54) is 0 Å². The molecule has 1 saturated carbocycles. The number of hydrogen-bond acceptors (Lipinski definition) is 4. The summed E-state index contributed by atoms with van der Waals surface area (Å²) in [6, 6.07) is 6.55. The maximum Gasteiger partial charge on any atom is 0.220 e. The van der Waals surface area contributed by atoms with Crippen LogP contribution in [0.3, 0.4) is 0 Å². The number of rotatable bonds is 14. The average molecular weight is 561 g/mol. The van der Waals surface area contributed by atoms with Crippen molar-refractivity contribution < 1.29 is 14.3 Å². The summed E-state index contributed by atoms with van der Waals surface area (Å²) in [4.78, 5) is 16.4. The van der Waals surface area contributed by atoms with Gasteiger partial charge in [-0.1, -0.05) is 19.9 Å². The molecule has 1 aromatic rings. The second-order valence-electron chi connectivity index (χ2n) is 7.98. The highest BCUT2D eigenvalue weighted by molar-refractivity contribution is 14.0. The van der Waals surface area contributed by atoms with Gasteiger partial charge in [-0.2, -0.15) is 0 Å². The largest absolute Gasteiger partial charge is 0.490 e. The summed E-state index contributed by atoms with van der Waals surface area (Å²) in [7, 11) is 0. The number of amides is 1. The van der Waals surface area contributed by atoms with Crippen molar-refractivity contribution in [2.24, 2.45) is 4.99 Å². The lowest BCUT2D eigenvalue weighted by atomic mass is 10.1. The van der Waals surface area contributed by atoms with E-state index in [0.29, 0.717) is 32.2 Å². The normalized spacial score (nSPS) is 14.2. The first-order valence-electron chi connectivity index (χ1n) is 11.8. The molecule has 3 N–H and O–H groups in total. The van der Waals surface area contributed by atoms with E-state index in [4.69, 9.17) is 9.47 Å². The topological polar surface area (TPSA) is 84.0 Å². The van der Waals surface area contributed by atoms with Crippen molar-refractivity contribution in [2.75, 3.05) is 26.3 Å². The Balaban J connectivity index is 0.00000512. The Morgan fingerprint density at radius 3 is 2.44 bits per heavy atom. The molecular formula is C24H41IN4O3. The van der Waals surface area contributed by atoms with Crippen LogP contribution < -0.4 is 25.4 Å². The summed E-state index contributed by atoms with van der Waals surface area (Å²) in [5, 5.41) is 9.75. The number of nitrogens with one attached hydrogen (secondary N) is 3. The molecular weight excluding hydrogens is 519 g/mol. The van der Waals surface area contributed by atoms with Gasteiger partial charge in [0.25, 0.3) is 0 Å². The highest BCUT2D eigenvalue weighted by Gasteiger charge is 2.22. The number of carbonyl (C=O) groups excluding carboxylic acids is 1. The Morgan fingerprint density at radius 1 is 1.12 bits per heavy atom. The van der Waals surface area contributed by atoms with Crippen molar-refractivity contribution in [2.45, 2.75) is 78.3 Å². The first-order chi connectivity index (χ1) is 15.1. The molecule has 1 unspecified atom stereocenters. The van der Waals surface area contributed by atoms with Crippen LogP contribution in [0.15, 0.2) is 23.2 Å². The molecule has 1 atom stereocenters. The summed E-state index contributed by atoms with van der Waals surface area (Å²) < 4.78 is 11.8. The SMILES string of the molecule is CCCOc1ccc(C(C)NC(=NCCCC(=O)NC2CC2)NCC)cc1OCCC.I. The van der Waals surface area contributed by atoms with Gasteiger partial charge >= 0.3 is 0 Å². The molecule has 0 spiro atoms. The molecule has 2 rings (SSSR count). The molecule has 1 amide bonds. The number of hydrogen-bond donors (Lipinski definition) is 3. The van der Waals surface area contributed by atoms with Crippen LogP contribution in [-0.2, 0) is 4.79 Å². The first-order valence-corrected chi connectivity index (χ1v) is 11.8. The Kier molecular flexibility index (Phi) is 14.2. The van der Waals surface area contributed by atoms with Crippen molar-refractivity contribution in [3.8, 4) is 11.5 Å². The molecule has 1 aliphatic rings. The summed E-state index contributed by atoms with van der Waals surface area (Å²) in [6.45, 7) is 11.0. The fourth-order valence-electron chi connectivity index (χ4n) is 3.02. The lowest BCUT2D eigenvalue weighted by Crippen LogP contribution is -2.38. The van der Waals surface area contributed by atoms with Crippen molar-refractivity contribution >= 4 is 35.8 Å². The van der Waals surface area contributed by atoms with E-state index in [9.17, 15) is 4.79 Å². The maximum absolute atomic E-state index is 11.8. The van der Waals surface area contributed by atoms with E-state index >= 15 is 0 Å². The summed E-state index contributed by atoms with van der Waals surface area (Å²) in [5.74, 6) is 2.45. The number of halogens is 1. The lowest BCUT2D eigenvalue weighted by molar-refractivity contribution is -0.121. The van der Waals surface area contributed by atoms with Crippen LogP contribution in [0.25, 0.3) is 0 Å². The molecule has 1 aromatic carbocycles. The molecule has 8 heteroatoms. The van der Waals surface area contributed by atoms with Gasteiger partial charge in [0.2, 0.25) is 5.91 Å². The fourth-order valence-corrected chi connectivity index (χ4v) is 3.02. The van der Waals surface area contributed by atoms with Crippen molar-refractivity contribution in [1.29, 1.82) is 0 Å². The van der Waals surface area contributed by atoms with Crippen LogP contribution in [0.2, 0.25) is 0 Å². The predicted molar refractivity (Wildman–Crippen MR) is 141 cm³/mol. The molecule has 0 radical (unpaired) electrons. The van der Waals surface area contributed by atoms with Crippen molar-refractivity contribution in [3.63, 3.8) is 0 Å². The molecule has 0 aromatic heterocycles. The quantitative estimate of drug-likeness (QED) is 0.135. The molecule has 0 bridgehead atoms. The van der Waals surface area contributed by atoms with E-state index in [2.05, 4.69) is 47.8 Å². The molecule has 7 nitrogen and oxygen atoms in total. The van der Waals surface area contributed by atoms with Gasteiger partial charge in [0.15, 0.2) is 17.5 Å². The maximum atomic E-state index is 11.8. The summed E-state index contributed by atoms with van der Waals surface area (Å²) >= 11 is 0. The number of ether oxygens (including phenoxy) is 2. The third-order valence-electron chi connectivity index (χ3n) is 4.86. The van der Waals surface area contributed by atoms with Gasteiger partial charge in [-0.05, 0) is 63.6 Å². The van der Waals surface area contributed by atoms with Gasteiger partial charge < -0.3 is 25.4 Å². The van der Waals surface area contributed by atoms with Crippen LogP contribution in [0.4, 0.5) is 0 Å². The molecule has 0 saturated heterocycles. The molecule has 0 aliphatic heterocycles. The van der Waals surface area contributed by atoms with Crippen LogP contribution in [0.5, 0.6) is 11.5 Å². The molecule has 182 valence electrons. The highest BCUT2D eigenvalue weighted by atomic mass is 127. The minimum absolute atomic E-state index is 0. The fraction of sp³-hybridized carbons (Fsp3) is 0.667. The van der Waals surface area contributed by atoms with E-state index in [0.717, 1.165) is 61.7 Å². The summed E-state index contributed by atoms with van der Waals surface area (Å²) in [6.07, 6.45) is 5.40. The third-order valence-corrected chi connectivity index (χ3v) is 4.86. The zero-order valence-corrected chi connectivity index (χ0v) is 22.4. The van der Waals surface area contributed by atoms with E-state index in [-0.39, 0.29) is 35.9 Å². The third kappa shape index (κ3) is 10.7. The van der Waals surface area contributed by atoms with E-state index in [1.54, 1.807) is 0 Å². The van der Waals surface area contributed by atoms with E-state index in [1.807, 2.05) is 19.1 Å². The highest BCUT2D eigenvalue weighted by Crippen LogP contribution is 2.31. The Hall–Kier alpha value is -1.71. The van der Waals surface area contributed by atoms with Crippen molar-refractivity contribution in [3.05, 3.63) is 23.8 Å². The monoisotopic (exact) mass is 560 g/mol. The van der Waals surface area contributed by atoms with Crippen LogP contribution >= 0.6 is 24.0 Å². The molecule has 1 fully saturated rings. The van der Waals surface area contributed by atoms with Gasteiger partial charge in [0.05, 0.1) is 19.3 Å². The van der Waals surface area contributed by atoms with Gasteiger partial charge in [-0.3, -0.25) is 9.79 Å². The molecule has 32 heavy (non-hydrogen) atoms. The Bertz CT molecular complexity index is 710. The second kappa shape index (κ2) is 16.0.